The minimum Gasteiger partial charge on any atom is -0.452 e. The molecule has 0 saturated carbocycles. The molecule has 0 aromatic heterocycles. The first-order chi connectivity index (χ1) is 15.8. The van der Waals surface area contributed by atoms with Gasteiger partial charge < -0.3 is 10.1 Å². The van der Waals surface area contributed by atoms with Gasteiger partial charge in [-0.3, -0.25) is 14.4 Å². The van der Waals surface area contributed by atoms with Crippen molar-refractivity contribution in [2.24, 2.45) is 0 Å². The Morgan fingerprint density at radius 1 is 0.848 bits per heavy atom. The lowest BCUT2D eigenvalue weighted by Gasteiger charge is -2.14. The van der Waals surface area contributed by atoms with Gasteiger partial charge in [-0.1, -0.05) is 29.8 Å². The monoisotopic (exact) mass is 442 g/mol. The lowest BCUT2D eigenvalue weighted by Crippen LogP contribution is -2.29. The lowest BCUT2D eigenvalue weighted by molar-refractivity contribution is -0.119. The van der Waals surface area contributed by atoms with Gasteiger partial charge in [0.05, 0.1) is 22.4 Å². The van der Waals surface area contributed by atoms with E-state index in [1.165, 1.54) is 24.3 Å². The van der Waals surface area contributed by atoms with E-state index in [4.69, 9.17) is 4.74 Å². The molecular formula is C26H22N2O5. The zero-order valence-corrected chi connectivity index (χ0v) is 18.5. The fraction of sp³-hybridized carbons (Fsp3) is 0.154. The predicted molar refractivity (Wildman–Crippen MR) is 124 cm³/mol. The van der Waals surface area contributed by atoms with Crippen LogP contribution in [0, 0.1) is 20.8 Å². The third-order valence-corrected chi connectivity index (χ3v) is 5.43. The van der Waals surface area contributed by atoms with Crippen LogP contribution >= 0.6 is 0 Å². The van der Waals surface area contributed by atoms with Crippen LogP contribution in [0.15, 0.2) is 60.7 Å². The number of carbonyl (C=O) groups is 4. The number of nitrogens with one attached hydrogen (secondary N) is 1. The van der Waals surface area contributed by atoms with Crippen molar-refractivity contribution in [3.8, 4) is 0 Å². The molecule has 0 atom stereocenters. The number of carbonyl (C=O) groups excluding carboxylic acids is 4. The molecule has 0 radical (unpaired) electrons. The molecule has 4 rings (SSSR count). The van der Waals surface area contributed by atoms with Gasteiger partial charge in [0, 0.05) is 5.69 Å². The molecule has 1 N–H and O–H groups in total. The summed E-state index contributed by atoms with van der Waals surface area (Å²) in [6.45, 7) is 5.34. The van der Waals surface area contributed by atoms with Crippen LogP contribution in [0.3, 0.4) is 0 Å². The first-order valence-corrected chi connectivity index (χ1v) is 10.4. The lowest BCUT2D eigenvalue weighted by atomic mass is 10.1. The van der Waals surface area contributed by atoms with Crippen LogP contribution in [0.2, 0.25) is 0 Å². The first kappa shape index (κ1) is 22.0. The van der Waals surface area contributed by atoms with Crippen LogP contribution in [0.1, 0.15) is 47.8 Å². The summed E-state index contributed by atoms with van der Waals surface area (Å²) < 4.78 is 5.13. The molecule has 0 fully saturated rings. The standard InChI is InChI=1S/C26H22N2O5/c1-15-12-16(2)23(17(3)13-15)27-22(29)14-33-26(32)18-8-10-19(11-9-18)28-24(30)20-6-4-5-7-21(20)25(28)31/h4-13H,14H2,1-3H3,(H,27,29). The molecule has 33 heavy (non-hydrogen) atoms. The number of nitrogens with zero attached hydrogens (tertiary/aromatic N) is 1. The molecule has 3 aromatic rings. The van der Waals surface area contributed by atoms with Crippen LogP contribution in [0.25, 0.3) is 0 Å². The summed E-state index contributed by atoms with van der Waals surface area (Å²) in [4.78, 5) is 50.9. The molecule has 1 aliphatic heterocycles. The van der Waals surface area contributed by atoms with E-state index in [0.717, 1.165) is 21.6 Å². The molecule has 7 heteroatoms. The number of rotatable bonds is 5. The van der Waals surface area contributed by atoms with Gasteiger partial charge in [0.2, 0.25) is 0 Å². The quantitative estimate of drug-likeness (QED) is 0.472. The van der Waals surface area contributed by atoms with E-state index in [-0.39, 0.29) is 5.56 Å². The summed E-state index contributed by atoms with van der Waals surface area (Å²) in [5, 5.41) is 2.78. The first-order valence-electron chi connectivity index (χ1n) is 10.4. The number of amides is 3. The van der Waals surface area contributed by atoms with Crippen molar-refractivity contribution in [2.75, 3.05) is 16.8 Å². The Labute approximate surface area is 191 Å². The number of esters is 1. The molecule has 0 aliphatic carbocycles. The van der Waals surface area contributed by atoms with Crippen LogP contribution in [0.5, 0.6) is 0 Å². The highest BCUT2D eigenvalue weighted by atomic mass is 16.5. The van der Waals surface area contributed by atoms with Crippen LogP contribution in [0.4, 0.5) is 11.4 Å². The molecule has 0 spiro atoms. The van der Waals surface area contributed by atoms with Crippen LogP contribution in [-0.4, -0.2) is 30.3 Å². The second-order valence-corrected chi connectivity index (χ2v) is 7.94. The Balaban J connectivity index is 1.39. The van der Waals surface area contributed by atoms with E-state index in [9.17, 15) is 19.2 Å². The molecule has 0 bridgehead atoms. The highest BCUT2D eigenvalue weighted by Crippen LogP contribution is 2.28. The van der Waals surface area contributed by atoms with Gasteiger partial charge in [-0.25, -0.2) is 9.69 Å². The van der Waals surface area contributed by atoms with E-state index in [0.29, 0.717) is 22.5 Å². The SMILES string of the molecule is Cc1cc(C)c(NC(=O)COC(=O)c2ccc(N3C(=O)c4ccccc4C3=O)cc2)c(C)c1. The average Bonchev–Trinajstić information content (AvgIpc) is 3.05. The average molecular weight is 442 g/mol. The summed E-state index contributed by atoms with van der Waals surface area (Å²) in [7, 11) is 0. The Morgan fingerprint density at radius 2 is 1.39 bits per heavy atom. The number of hydrogen-bond donors (Lipinski definition) is 1. The molecular weight excluding hydrogens is 420 g/mol. The molecule has 7 nitrogen and oxygen atoms in total. The van der Waals surface area contributed by atoms with E-state index < -0.39 is 30.3 Å². The maximum Gasteiger partial charge on any atom is 0.338 e. The second-order valence-electron chi connectivity index (χ2n) is 7.94. The number of benzene rings is 3. The van der Waals surface area contributed by atoms with Crippen molar-refractivity contribution < 1.29 is 23.9 Å². The van der Waals surface area contributed by atoms with Gasteiger partial charge in [-0.2, -0.15) is 0 Å². The summed E-state index contributed by atoms with van der Waals surface area (Å²) in [6, 6.07) is 16.4. The van der Waals surface area contributed by atoms with Gasteiger partial charge in [0.1, 0.15) is 0 Å². The largest absolute Gasteiger partial charge is 0.452 e. The highest BCUT2D eigenvalue weighted by molar-refractivity contribution is 6.34. The topological polar surface area (TPSA) is 92.8 Å². The third-order valence-electron chi connectivity index (χ3n) is 5.43. The summed E-state index contributed by atoms with van der Waals surface area (Å²) in [5.41, 5.74) is 4.89. The van der Waals surface area contributed by atoms with E-state index in [1.807, 2.05) is 32.9 Å². The van der Waals surface area contributed by atoms with E-state index in [1.54, 1.807) is 24.3 Å². The number of hydrogen-bond acceptors (Lipinski definition) is 5. The molecule has 0 saturated heterocycles. The second kappa shape index (κ2) is 8.70. The number of anilines is 2. The van der Waals surface area contributed by atoms with E-state index in [2.05, 4.69) is 5.32 Å². The predicted octanol–water partition coefficient (Wildman–Crippen LogP) is 4.21. The van der Waals surface area contributed by atoms with Crippen molar-refractivity contribution in [3.63, 3.8) is 0 Å². The maximum atomic E-state index is 12.6. The Bertz CT molecular complexity index is 1240. The van der Waals surface area contributed by atoms with Crippen molar-refractivity contribution in [3.05, 3.63) is 94.0 Å². The Morgan fingerprint density at radius 3 is 1.94 bits per heavy atom. The van der Waals surface area contributed by atoms with Gasteiger partial charge >= 0.3 is 5.97 Å². The maximum absolute atomic E-state index is 12.6. The van der Waals surface area contributed by atoms with Crippen molar-refractivity contribution in [1.82, 2.24) is 0 Å². The number of imide groups is 1. The zero-order valence-electron chi connectivity index (χ0n) is 18.5. The number of fused-ring (bicyclic) bond motifs is 1. The van der Waals surface area contributed by atoms with Crippen molar-refractivity contribution >= 4 is 35.1 Å². The zero-order chi connectivity index (χ0) is 23.7. The minimum absolute atomic E-state index is 0.200. The highest BCUT2D eigenvalue weighted by Gasteiger charge is 2.36. The molecule has 1 heterocycles. The third kappa shape index (κ3) is 4.25. The minimum atomic E-state index is -0.684. The van der Waals surface area contributed by atoms with Crippen molar-refractivity contribution in [1.29, 1.82) is 0 Å². The summed E-state index contributed by atoms with van der Waals surface area (Å²) in [5.74, 6) is -1.95. The molecule has 166 valence electrons. The number of aryl methyl sites for hydroxylation is 3. The van der Waals surface area contributed by atoms with Gasteiger partial charge in [-0.15, -0.1) is 0 Å². The van der Waals surface area contributed by atoms with Crippen LogP contribution in [-0.2, 0) is 9.53 Å². The summed E-state index contributed by atoms with van der Waals surface area (Å²) in [6.07, 6.45) is 0. The molecule has 1 aliphatic rings. The molecule has 3 aromatic carbocycles. The Hall–Kier alpha value is -4.26. The van der Waals surface area contributed by atoms with Gasteiger partial charge in [-0.05, 0) is 68.3 Å². The van der Waals surface area contributed by atoms with Gasteiger partial charge in [0.25, 0.3) is 17.7 Å². The normalized spacial score (nSPS) is 12.5. The molecule has 3 amide bonds. The van der Waals surface area contributed by atoms with Gasteiger partial charge in [0.15, 0.2) is 6.61 Å². The number of ether oxygens (including phenoxy) is 1. The molecule has 0 unspecified atom stereocenters. The van der Waals surface area contributed by atoms with Crippen LogP contribution < -0.4 is 10.2 Å². The smallest absolute Gasteiger partial charge is 0.338 e. The fourth-order valence-corrected chi connectivity index (χ4v) is 3.94. The van der Waals surface area contributed by atoms with Crippen molar-refractivity contribution in [2.45, 2.75) is 20.8 Å². The fourth-order valence-electron chi connectivity index (χ4n) is 3.94. The Kier molecular flexibility index (Phi) is 5.79. The summed E-state index contributed by atoms with van der Waals surface area (Å²) >= 11 is 0. The van der Waals surface area contributed by atoms with E-state index >= 15 is 0 Å².